The minimum atomic E-state index is -0.836. The molecule has 0 amide bonds. The van der Waals surface area contributed by atoms with Crippen LogP contribution >= 0.6 is 58.0 Å². The molecule has 4 aliphatic carbocycles. The first-order chi connectivity index (χ1) is 15.4. The molecule has 4 aliphatic rings. The van der Waals surface area contributed by atoms with Gasteiger partial charge in [0.1, 0.15) is 0 Å². The maximum atomic E-state index is 7.31. The number of aromatic nitrogens is 2. The molecule has 164 valence electrons. The Morgan fingerprint density at radius 1 is 0.781 bits per heavy atom. The molecule has 2 nitrogen and oxygen atoms in total. The van der Waals surface area contributed by atoms with E-state index in [9.17, 15) is 0 Å². The lowest BCUT2D eigenvalue weighted by atomic mass is 9.69. The molecule has 32 heavy (non-hydrogen) atoms. The van der Waals surface area contributed by atoms with Crippen LogP contribution in [-0.4, -0.2) is 35.7 Å². The summed E-state index contributed by atoms with van der Waals surface area (Å²) in [5, 5.41) is 3.72. The third kappa shape index (κ3) is 2.16. The van der Waals surface area contributed by atoms with Gasteiger partial charge in [0.25, 0.3) is 0 Å². The first-order valence-corrected chi connectivity index (χ1v) is 13.0. The molecule has 9 atom stereocenters. The van der Waals surface area contributed by atoms with E-state index < -0.39 is 25.9 Å². The Hall–Kier alpha value is -0.900. The molecule has 0 spiro atoms. The van der Waals surface area contributed by atoms with E-state index in [1.807, 2.05) is 24.3 Å². The summed E-state index contributed by atoms with van der Waals surface area (Å²) in [4.78, 5) is -1.67. The van der Waals surface area contributed by atoms with E-state index >= 15 is 0 Å². The van der Waals surface area contributed by atoms with Gasteiger partial charge in [0.15, 0.2) is 0 Å². The van der Waals surface area contributed by atoms with E-state index in [-0.39, 0.29) is 23.7 Å². The number of rotatable bonds is 2. The number of alkyl halides is 5. The molecule has 3 saturated carbocycles. The molecule has 4 unspecified atom stereocenters. The molecular weight excluding hydrogens is 506 g/mol. The normalized spacial score (nSPS) is 43.0. The highest BCUT2D eigenvalue weighted by Gasteiger charge is 2.83. The van der Waals surface area contributed by atoms with E-state index in [2.05, 4.69) is 41.1 Å². The summed E-state index contributed by atoms with van der Waals surface area (Å²) in [5.41, 5.74) is 5.67. The van der Waals surface area contributed by atoms with Crippen LogP contribution in [-0.2, 0) is 0 Å². The van der Waals surface area contributed by atoms with E-state index in [1.54, 1.807) is 0 Å². The van der Waals surface area contributed by atoms with Gasteiger partial charge in [-0.1, -0.05) is 48.5 Å². The molecule has 3 aromatic rings. The van der Waals surface area contributed by atoms with Gasteiger partial charge in [-0.2, -0.15) is 5.10 Å². The second kappa shape index (κ2) is 6.61. The second-order valence-electron chi connectivity index (χ2n) is 9.58. The van der Waals surface area contributed by atoms with Crippen LogP contribution in [0.3, 0.4) is 0 Å². The van der Waals surface area contributed by atoms with Crippen molar-refractivity contribution in [3.63, 3.8) is 0 Å². The minimum absolute atomic E-state index is 0.0713. The standard InChI is InChI=1S/C25H19Cl5N2/c26-21-22(27)25(30)18-15-11-14(17(18)24(21,29)23(25)28)16-19(12-7-3-1-4-8-12)31-32(20(15)16)13-9-5-2-6-10-13/h1-10,14-15,17-18,21-23H,11H2/t14-,15-,17?,18?,21?,22?,23-,24+,25-/m1/s1. The van der Waals surface area contributed by atoms with Gasteiger partial charge in [0.2, 0.25) is 0 Å². The number of para-hydroxylation sites is 1. The molecule has 0 saturated heterocycles. The Balaban J connectivity index is 1.49. The fourth-order valence-electron chi connectivity index (χ4n) is 7.33. The Morgan fingerprint density at radius 2 is 1.34 bits per heavy atom. The van der Waals surface area contributed by atoms with Crippen molar-refractivity contribution >= 4 is 58.0 Å². The first-order valence-electron chi connectivity index (χ1n) is 10.9. The molecule has 4 bridgehead atoms. The van der Waals surface area contributed by atoms with Crippen LogP contribution in [0.4, 0.5) is 0 Å². The summed E-state index contributed by atoms with van der Waals surface area (Å²) < 4.78 is 2.11. The number of benzene rings is 2. The average molecular weight is 525 g/mol. The van der Waals surface area contributed by atoms with Gasteiger partial charge in [-0.25, -0.2) is 4.68 Å². The first kappa shape index (κ1) is 20.5. The number of nitrogens with zero attached hydrogens (tertiary/aromatic N) is 2. The van der Waals surface area contributed by atoms with Gasteiger partial charge in [-0.3, -0.25) is 0 Å². The van der Waals surface area contributed by atoms with Gasteiger partial charge in [0.05, 0.1) is 43.0 Å². The maximum Gasteiger partial charge on any atom is 0.0965 e. The fraction of sp³-hybridized carbons (Fsp3) is 0.400. The van der Waals surface area contributed by atoms with E-state index in [4.69, 9.17) is 63.1 Å². The quantitative estimate of drug-likeness (QED) is 0.257. The van der Waals surface area contributed by atoms with Crippen molar-refractivity contribution in [2.24, 2.45) is 11.8 Å². The average Bonchev–Trinajstić information content (AvgIpc) is 3.57. The Labute approximate surface area is 211 Å². The van der Waals surface area contributed by atoms with Crippen molar-refractivity contribution in [1.29, 1.82) is 0 Å². The lowest BCUT2D eigenvalue weighted by Gasteiger charge is -2.45. The van der Waals surface area contributed by atoms with Gasteiger partial charge < -0.3 is 0 Å². The van der Waals surface area contributed by atoms with Crippen LogP contribution in [0, 0.1) is 11.8 Å². The zero-order valence-electron chi connectivity index (χ0n) is 16.8. The second-order valence-corrected chi connectivity index (χ2v) is 12.3. The number of fused-ring (bicyclic) bond motifs is 12. The van der Waals surface area contributed by atoms with Crippen LogP contribution in [0.5, 0.6) is 0 Å². The number of hydrogen-bond donors (Lipinski definition) is 0. The molecule has 1 heterocycles. The monoisotopic (exact) mass is 522 g/mol. The van der Waals surface area contributed by atoms with Crippen molar-refractivity contribution < 1.29 is 0 Å². The predicted molar refractivity (Wildman–Crippen MR) is 132 cm³/mol. The largest absolute Gasteiger partial charge is 0.237 e. The summed E-state index contributed by atoms with van der Waals surface area (Å²) >= 11 is 35.2. The highest BCUT2D eigenvalue weighted by Crippen LogP contribution is 2.79. The molecule has 7 heteroatoms. The van der Waals surface area contributed by atoms with Crippen LogP contribution in [0.1, 0.15) is 29.5 Å². The van der Waals surface area contributed by atoms with Crippen molar-refractivity contribution in [1.82, 2.24) is 9.78 Å². The van der Waals surface area contributed by atoms with Crippen molar-refractivity contribution in [2.45, 2.75) is 44.1 Å². The van der Waals surface area contributed by atoms with Crippen molar-refractivity contribution in [3.8, 4) is 16.9 Å². The summed E-state index contributed by atoms with van der Waals surface area (Å²) in [5.74, 6) is 0.546. The van der Waals surface area contributed by atoms with Crippen molar-refractivity contribution in [2.75, 3.05) is 0 Å². The Morgan fingerprint density at radius 3 is 1.97 bits per heavy atom. The number of hydrogen-bond acceptors (Lipinski definition) is 1. The topological polar surface area (TPSA) is 17.8 Å². The summed E-state index contributed by atoms with van der Waals surface area (Å²) in [7, 11) is 0. The molecule has 7 rings (SSSR count). The molecule has 3 fully saturated rings. The Kier molecular flexibility index (Phi) is 4.23. The van der Waals surface area contributed by atoms with Crippen molar-refractivity contribution in [3.05, 3.63) is 71.9 Å². The van der Waals surface area contributed by atoms with E-state index in [1.165, 1.54) is 11.3 Å². The summed E-state index contributed by atoms with van der Waals surface area (Å²) in [6.45, 7) is 0. The molecule has 0 aliphatic heterocycles. The SMILES string of the molecule is ClC1C(Cl)[C@]2(Cl)C3C([C@@H]4C[C@H]3c3c4c(-c4ccccc4)nn3-c3ccccc3)[C@@]1(Cl)[C@H]2Cl. The summed E-state index contributed by atoms with van der Waals surface area (Å²) in [6, 6.07) is 20.6. The smallest absolute Gasteiger partial charge is 0.0965 e. The van der Waals surface area contributed by atoms with E-state index in [0.29, 0.717) is 0 Å². The number of halogens is 5. The van der Waals surface area contributed by atoms with Gasteiger partial charge >= 0.3 is 0 Å². The van der Waals surface area contributed by atoms with Gasteiger partial charge in [0, 0.05) is 17.0 Å². The molecule has 2 aromatic carbocycles. The fourth-order valence-corrected chi connectivity index (χ4v) is 10.4. The van der Waals surface area contributed by atoms with E-state index in [0.717, 1.165) is 23.4 Å². The minimum Gasteiger partial charge on any atom is -0.237 e. The molecular formula is C25H19Cl5N2. The molecule has 0 N–H and O–H groups in total. The third-order valence-corrected chi connectivity index (χ3v) is 12.3. The third-order valence-electron chi connectivity index (χ3n) is 8.39. The van der Waals surface area contributed by atoms with Gasteiger partial charge in [-0.15, -0.1) is 58.0 Å². The summed E-state index contributed by atoms with van der Waals surface area (Å²) in [6.07, 6.45) is 0.981. The van der Waals surface area contributed by atoms with Crippen LogP contribution in [0.25, 0.3) is 16.9 Å². The lowest BCUT2D eigenvalue weighted by Crippen LogP contribution is -2.51. The maximum absolute atomic E-state index is 7.31. The highest BCUT2D eigenvalue weighted by molar-refractivity contribution is 6.49. The van der Waals surface area contributed by atoms with Crippen LogP contribution in [0.15, 0.2) is 60.7 Å². The zero-order valence-corrected chi connectivity index (χ0v) is 20.6. The zero-order chi connectivity index (χ0) is 22.0. The lowest BCUT2D eigenvalue weighted by molar-refractivity contribution is 0.248. The Bertz CT molecular complexity index is 1140. The van der Waals surface area contributed by atoms with Crippen LogP contribution in [0.2, 0.25) is 0 Å². The molecule has 0 radical (unpaired) electrons. The predicted octanol–water partition coefficient (Wildman–Crippen LogP) is 7.16. The highest BCUT2D eigenvalue weighted by atomic mass is 35.5. The van der Waals surface area contributed by atoms with Gasteiger partial charge in [-0.05, 0) is 36.3 Å². The van der Waals surface area contributed by atoms with Crippen LogP contribution < -0.4 is 0 Å². The molecule has 1 aromatic heterocycles.